The van der Waals surface area contributed by atoms with E-state index in [0.29, 0.717) is 6.42 Å². The van der Waals surface area contributed by atoms with Crippen molar-refractivity contribution < 1.29 is 22.4 Å². The summed E-state index contributed by atoms with van der Waals surface area (Å²) >= 11 is 0. The average Bonchev–Trinajstić information content (AvgIpc) is 3.35. The maximum absolute atomic E-state index is 13.2. The van der Waals surface area contributed by atoms with Crippen LogP contribution in [-0.4, -0.2) is 12.1 Å². The van der Waals surface area contributed by atoms with Gasteiger partial charge in [0.25, 0.3) is 0 Å². The van der Waals surface area contributed by atoms with Crippen LogP contribution in [-0.2, 0) is 11.0 Å². The molecule has 0 aliphatic heterocycles. The third kappa shape index (κ3) is 4.23. The topological polar surface area (TPSA) is 41.5 Å². The van der Waals surface area contributed by atoms with E-state index in [4.69, 9.17) is 0 Å². The molecule has 0 heterocycles. The molecule has 25 heavy (non-hydrogen) atoms. The van der Waals surface area contributed by atoms with E-state index in [1.807, 2.05) is 0 Å². The zero-order valence-corrected chi connectivity index (χ0v) is 12.9. The van der Waals surface area contributed by atoms with E-state index >= 15 is 0 Å². The lowest BCUT2D eigenvalue weighted by Crippen LogP contribution is -2.20. The molecule has 2 aromatic carbocycles. The van der Waals surface area contributed by atoms with Gasteiger partial charge in [-0.3, -0.25) is 4.79 Å². The van der Waals surface area contributed by atoms with Crippen LogP contribution >= 0.6 is 0 Å². The van der Waals surface area contributed by atoms with Gasteiger partial charge in [0.05, 0.1) is 11.8 Å². The fraction of sp³-hybridized carbons (Fsp3) is 0.222. The number of amides is 1. The summed E-state index contributed by atoms with van der Waals surface area (Å²) in [5.74, 6) is -1.05. The lowest BCUT2D eigenvalue weighted by molar-refractivity contribution is -0.137. The zero-order valence-electron chi connectivity index (χ0n) is 12.9. The van der Waals surface area contributed by atoms with Crippen molar-refractivity contribution in [2.45, 2.75) is 18.5 Å². The van der Waals surface area contributed by atoms with Gasteiger partial charge in [0, 0.05) is 5.92 Å². The highest BCUT2D eigenvalue weighted by Gasteiger charge is 2.44. The lowest BCUT2D eigenvalue weighted by atomic mass is 10.1. The maximum atomic E-state index is 13.2. The Kier molecular flexibility index (Phi) is 4.57. The molecule has 1 amide bonds. The Labute approximate surface area is 141 Å². The van der Waals surface area contributed by atoms with Crippen LogP contribution in [0.25, 0.3) is 0 Å². The third-order valence-electron chi connectivity index (χ3n) is 4.01. The largest absolute Gasteiger partial charge is 0.416 e. The number of nitrogens with zero attached hydrogens (tertiary/aromatic N) is 1. The number of halogens is 4. The molecule has 1 N–H and O–H groups in total. The molecule has 3 nitrogen and oxygen atoms in total. The first-order valence-electron chi connectivity index (χ1n) is 7.60. The van der Waals surface area contributed by atoms with Crippen molar-refractivity contribution in [3.05, 3.63) is 71.0 Å². The number of carbonyl (C=O) groups is 1. The van der Waals surface area contributed by atoms with E-state index in [9.17, 15) is 22.4 Å². The summed E-state index contributed by atoms with van der Waals surface area (Å²) in [6.45, 7) is 0. The first-order chi connectivity index (χ1) is 11.8. The number of hydrogen-bond donors (Lipinski definition) is 1. The molecule has 0 radical (unpaired) electrons. The van der Waals surface area contributed by atoms with Crippen LogP contribution in [0.1, 0.15) is 29.0 Å². The zero-order chi connectivity index (χ0) is 18.0. The van der Waals surface area contributed by atoms with Crippen molar-refractivity contribution in [3.8, 4) is 0 Å². The predicted molar refractivity (Wildman–Crippen MR) is 84.4 cm³/mol. The van der Waals surface area contributed by atoms with Crippen LogP contribution in [0, 0.1) is 11.7 Å². The van der Waals surface area contributed by atoms with E-state index in [2.05, 4.69) is 10.5 Å². The van der Waals surface area contributed by atoms with Gasteiger partial charge in [-0.05, 0) is 47.7 Å². The van der Waals surface area contributed by atoms with Crippen molar-refractivity contribution in [1.82, 2.24) is 5.43 Å². The lowest BCUT2D eigenvalue weighted by Gasteiger charge is -2.06. The molecule has 1 aliphatic rings. The van der Waals surface area contributed by atoms with Gasteiger partial charge in [-0.15, -0.1) is 0 Å². The average molecular weight is 350 g/mol. The number of carbonyl (C=O) groups excluding carboxylic acids is 1. The molecule has 0 bridgehead atoms. The second-order valence-corrected chi connectivity index (χ2v) is 5.86. The molecule has 130 valence electrons. The normalized spacial score (nSPS) is 19.8. The van der Waals surface area contributed by atoms with Crippen molar-refractivity contribution in [2.75, 3.05) is 0 Å². The summed E-state index contributed by atoms with van der Waals surface area (Å²) in [4.78, 5) is 12.0. The number of alkyl halides is 3. The van der Waals surface area contributed by atoms with Crippen molar-refractivity contribution >= 4 is 12.1 Å². The Morgan fingerprint density at radius 3 is 2.64 bits per heavy atom. The Morgan fingerprint density at radius 2 is 1.92 bits per heavy atom. The quantitative estimate of drug-likeness (QED) is 0.503. The van der Waals surface area contributed by atoms with Gasteiger partial charge in [-0.25, -0.2) is 9.82 Å². The Bertz CT molecular complexity index is 817. The smallest absolute Gasteiger partial charge is 0.273 e. The van der Waals surface area contributed by atoms with Gasteiger partial charge in [-0.2, -0.15) is 18.3 Å². The summed E-state index contributed by atoms with van der Waals surface area (Å²) in [5, 5.41) is 3.71. The second-order valence-electron chi connectivity index (χ2n) is 5.86. The van der Waals surface area contributed by atoms with Crippen LogP contribution in [0.5, 0.6) is 0 Å². The van der Waals surface area contributed by atoms with Gasteiger partial charge >= 0.3 is 6.18 Å². The Morgan fingerprint density at radius 1 is 1.16 bits per heavy atom. The molecule has 0 saturated heterocycles. The highest BCUT2D eigenvalue weighted by atomic mass is 19.4. The van der Waals surface area contributed by atoms with E-state index in [-0.39, 0.29) is 29.1 Å². The molecule has 0 aromatic heterocycles. The number of rotatable bonds is 4. The van der Waals surface area contributed by atoms with Crippen LogP contribution in [0.4, 0.5) is 17.6 Å². The molecule has 0 spiro atoms. The van der Waals surface area contributed by atoms with Crippen molar-refractivity contribution in [1.29, 1.82) is 0 Å². The van der Waals surface area contributed by atoms with Crippen LogP contribution in [0.15, 0.2) is 53.6 Å². The molecule has 2 aromatic rings. The van der Waals surface area contributed by atoms with Gasteiger partial charge < -0.3 is 0 Å². The Hall–Kier alpha value is -2.70. The highest BCUT2D eigenvalue weighted by Crippen LogP contribution is 2.47. The fourth-order valence-electron chi connectivity index (χ4n) is 2.64. The predicted octanol–water partition coefficient (Wildman–Crippen LogP) is 4.10. The van der Waals surface area contributed by atoms with E-state index in [1.165, 1.54) is 24.3 Å². The second kappa shape index (κ2) is 6.66. The molecule has 2 unspecified atom stereocenters. The van der Waals surface area contributed by atoms with E-state index in [0.717, 1.165) is 23.9 Å². The van der Waals surface area contributed by atoms with Gasteiger partial charge in [0.2, 0.25) is 5.91 Å². The first kappa shape index (κ1) is 17.1. The first-order valence-corrected chi connectivity index (χ1v) is 7.60. The van der Waals surface area contributed by atoms with E-state index < -0.39 is 11.7 Å². The standard InChI is InChI=1S/C18H14F4N2O/c19-14-6-2-4-12(8-14)15-9-16(15)17(25)24-23-10-11-3-1-5-13(7-11)18(20,21)22/h1-8,10,15-16H,9H2,(H,24,25). The monoisotopic (exact) mass is 350 g/mol. The number of nitrogens with one attached hydrogen (secondary N) is 1. The van der Waals surface area contributed by atoms with Crippen LogP contribution in [0.2, 0.25) is 0 Å². The van der Waals surface area contributed by atoms with Crippen LogP contribution < -0.4 is 5.43 Å². The molecular weight excluding hydrogens is 336 g/mol. The summed E-state index contributed by atoms with van der Waals surface area (Å²) < 4.78 is 51.1. The molecule has 1 saturated carbocycles. The number of hydrazone groups is 1. The summed E-state index contributed by atoms with van der Waals surface area (Å²) in [7, 11) is 0. The molecule has 1 aliphatic carbocycles. The molecule has 3 rings (SSSR count). The van der Waals surface area contributed by atoms with Crippen LogP contribution in [0.3, 0.4) is 0 Å². The van der Waals surface area contributed by atoms with Gasteiger partial charge in [-0.1, -0.05) is 24.3 Å². The van der Waals surface area contributed by atoms with Crippen molar-refractivity contribution in [3.63, 3.8) is 0 Å². The third-order valence-corrected chi connectivity index (χ3v) is 4.01. The van der Waals surface area contributed by atoms with Crippen molar-refractivity contribution in [2.24, 2.45) is 11.0 Å². The Balaban J connectivity index is 1.57. The van der Waals surface area contributed by atoms with Gasteiger partial charge in [0.1, 0.15) is 5.82 Å². The molecular formula is C18H14F4N2O. The number of benzene rings is 2. The minimum atomic E-state index is -4.43. The SMILES string of the molecule is O=C(NN=Cc1cccc(C(F)(F)F)c1)C1CC1c1cccc(F)c1. The highest BCUT2D eigenvalue weighted by molar-refractivity contribution is 5.85. The summed E-state index contributed by atoms with van der Waals surface area (Å²) in [5.41, 5.74) is 2.52. The number of hydrogen-bond acceptors (Lipinski definition) is 2. The summed E-state index contributed by atoms with van der Waals surface area (Å²) in [6.07, 6.45) is -2.68. The van der Waals surface area contributed by atoms with Gasteiger partial charge in [0.15, 0.2) is 0 Å². The minimum Gasteiger partial charge on any atom is -0.273 e. The van der Waals surface area contributed by atoms with E-state index in [1.54, 1.807) is 12.1 Å². The summed E-state index contributed by atoms with van der Waals surface area (Å²) in [6, 6.07) is 10.7. The molecule has 2 atom stereocenters. The molecule has 1 fully saturated rings. The minimum absolute atomic E-state index is 0.0561. The fourth-order valence-corrected chi connectivity index (χ4v) is 2.64. The molecule has 7 heteroatoms. The maximum Gasteiger partial charge on any atom is 0.416 e.